The van der Waals surface area contributed by atoms with E-state index in [9.17, 15) is 4.79 Å². The van der Waals surface area contributed by atoms with Crippen molar-refractivity contribution < 1.29 is 9.53 Å². The quantitative estimate of drug-likeness (QED) is 0.762. The van der Waals surface area contributed by atoms with E-state index in [1.165, 1.54) is 19.3 Å². The molecule has 2 fully saturated rings. The van der Waals surface area contributed by atoms with Gasteiger partial charge in [-0.3, -0.25) is 0 Å². The molecule has 1 unspecified atom stereocenters. The smallest absolute Gasteiger partial charge is 0.410 e. The summed E-state index contributed by atoms with van der Waals surface area (Å²) in [7, 11) is 0. The third-order valence-electron chi connectivity index (χ3n) is 3.82. The van der Waals surface area contributed by atoms with Crippen molar-refractivity contribution in [1.82, 2.24) is 10.2 Å². The number of piperidine rings is 2. The summed E-state index contributed by atoms with van der Waals surface area (Å²) in [6, 6.07) is 0. The molecule has 1 amide bonds. The Hall–Kier alpha value is -0.770. The molecule has 4 nitrogen and oxygen atoms in total. The predicted octanol–water partition coefficient (Wildman–Crippen LogP) is 2.00. The molecule has 0 aromatic carbocycles. The second-order valence-corrected chi connectivity index (χ2v) is 5.74. The Kier molecular flexibility index (Phi) is 3.92. The van der Waals surface area contributed by atoms with E-state index in [0.29, 0.717) is 5.41 Å². The summed E-state index contributed by atoms with van der Waals surface area (Å²) in [4.78, 5) is 13.8. The summed E-state index contributed by atoms with van der Waals surface area (Å²) in [6.07, 6.45) is 4.66. The first kappa shape index (κ1) is 12.7. The van der Waals surface area contributed by atoms with Gasteiger partial charge in [0.05, 0.1) is 6.10 Å². The lowest BCUT2D eigenvalue weighted by Gasteiger charge is -2.45. The Morgan fingerprint density at radius 3 is 2.76 bits per heavy atom. The standard InChI is InChI=1S/C13H24N2O2/c1-11(2)17-12(16)15-8-4-6-13(10-15)5-3-7-14-9-13/h11,14H,3-10H2,1-2H3. The minimum Gasteiger partial charge on any atom is -0.447 e. The van der Waals surface area contributed by atoms with Gasteiger partial charge in [-0.25, -0.2) is 4.79 Å². The van der Waals surface area contributed by atoms with E-state index in [4.69, 9.17) is 4.74 Å². The molecule has 0 aromatic heterocycles. The molecule has 2 aliphatic heterocycles. The number of rotatable bonds is 1. The van der Waals surface area contributed by atoms with Crippen LogP contribution in [0.15, 0.2) is 0 Å². The Morgan fingerprint density at radius 2 is 2.12 bits per heavy atom. The van der Waals surface area contributed by atoms with Gasteiger partial charge >= 0.3 is 6.09 Å². The van der Waals surface area contributed by atoms with E-state index >= 15 is 0 Å². The van der Waals surface area contributed by atoms with Gasteiger partial charge in [0.1, 0.15) is 0 Å². The molecule has 1 atom stereocenters. The molecular weight excluding hydrogens is 216 g/mol. The zero-order valence-electron chi connectivity index (χ0n) is 11.0. The normalized spacial score (nSPS) is 29.7. The number of nitrogens with one attached hydrogen (secondary N) is 1. The third kappa shape index (κ3) is 3.12. The van der Waals surface area contributed by atoms with E-state index < -0.39 is 0 Å². The molecule has 0 aliphatic carbocycles. The first-order chi connectivity index (χ1) is 8.11. The maximum atomic E-state index is 11.9. The minimum atomic E-state index is -0.135. The summed E-state index contributed by atoms with van der Waals surface area (Å²) in [6.45, 7) is 7.70. The molecule has 2 rings (SSSR count). The maximum absolute atomic E-state index is 11.9. The van der Waals surface area contributed by atoms with Crippen molar-refractivity contribution in [3.05, 3.63) is 0 Å². The van der Waals surface area contributed by atoms with E-state index in [0.717, 1.165) is 32.6 Å². The highest BCUT2D eigenvalue weighted by molar-refractivity contribution is 5.68. The molecule has 2 aliphatic rings. The zero-order valence-corrected chi connectivity index (χ0v) is 11.0. The Bertz CT molecular complexity index is 267. The minimum absolute atomic E-state index is 0.0233. The average Bonchev–Trinajstić information content (AvgIpc) is 2.29. The van der Waals surface area contributed by atoms with Gasteiger partial charge in [-0.2, -0.15) is 0 Å². The first-order valence-electron chi connectivity index (χ1n) is 6.78. The molecule has 2 saturated heterocycles. The van der Waals surface area contributed by atoms with E-state index in [1.54, 1.807) is 0 Å². The fourth-order valence-corrected chi connectivity index (χ4v) is 3.02. The molecule has 1 N–H and O–H groups in total. The SMILES string of the molecule is CC(C)OC(=O)N1CCCC2(CCCNC2)C1. The Labute approximate surface area is 104 Å². The van der Waals surface area contributed by atoms with Crippen molar-refractivity contribution in [2.24, 2.45) is 5.41 Å². The predicted molar refractivity (Wildman–Crippen MR) is 67.0 cm³/mol. The Balaban J connectivity index is 1.94. The molecule has 2 heterocycles. The van der Waals surface area contributed by atoms with Crippen LogP contribution in [0.25, 0.3) is 0 Å². The van der Waals surface area contributed by atoms with Gasteiger partial charge in [-0.15, -0.1) is 0 Å². The van der Waals surface area contributed by atoms with Crippen LogP contribution in [0.5, 0.6) is 0 Å². The molecule has 0 radical (unpaired) electrons. The summed E-state index contributed by atoms with van der Waals surface area (Å²) >= 11 is 0. The van der Waals surface area contributed by atoms with E-state index in [-0.39, 0.29) is 12.2 Å². The van der Waals surface area contributed by atoms with Gasteiger partial charge in [0.25, 0.3) is 0 Å². The van der Waals surface area contributed by atoms with Crippen molar-refractivity contribution in [2.45, 2.75) is 45.6 Å². The fraction of sp³-hybridized carbons (Fsp3) is 0.923. The highest BCUT2D eigenvalue weighted by Crippen LogP contribution is 2.36. The average molecular weight is 240 g/mol. The number of amides is 1. The van der Waals surface area contributed by atoms with Crippen LogP contribution in [0.2, 0.25) is 0 Å². The van der Waals surface area contributed by atoms with Gasteiger partial charge in [0.2, 0.25) is 0 Å². The van der Waals surface area contributed by atoms with Crippen LogP contribution < -0.4 is 5.32 Å². The monoisotopic (exact) mass is 240 g/mol. The highest BCUT2D eigenvalue weighted by Gasteiger charge is 2.38. The summed E-state index contributed by atoms with van der Waals surface area (Å²) in [5.74, 6) is 0. The number of hydrogen-bond donors (Lipinski definition) is 1. The second kappa shape index (κ2) is 5.25. The molecule has 0 bridgehead atoms. The molecule has 0 aromatic rings. The van der Waals surface area contributed by atoms with Crippen molar-refractivity contribution in [3.8, 4) is 0 Å². The fourth-order valence-electron chi connectivity index (χ4n) is 3.02. The van der Waals surface area contributed by atoms with Crippen LogP contribution >= 0.6 is 0 Å². The van der Waals surface area contributed by atoms with Crippen molar-refractivity contribution >= 4 is 6.09 Å². The lowest BCUT2D eigenvalue weighted by atomic mass is 9.74. The van der Waals surface area contributed by atoms with Gasteiger partial charge < -0.3 is 15.0 Å². The number of ether oxygens (including phenoxy) is 1. The summed E-state index contributed by atoms with van der Waals surface area (Å²) < 4.78 is 5.29. The molecule has 98 valence electrons. The molecule has 17 heavy (non-hydrogen) atoms. The number of nitrogens with zero attached hydrogens (tertiary/aromatic N) is 1. The highest BCUT2D eigenvalue weighted by atomic mass is 16.6. The van der Waals surface area contributed by atoms with Gasteiger partial charge in [-0.05, 0) is 46.1 Å². The van der Waals surface area contributed by atoms with Gasteiger partial charge in [0, 0.05) is 25.0 Å². The third-order valence-corrected chi connectivity index (χ3v) is 3.82. The zero-order chi connectivity index (χ0) is 12.3. The van der Waals surface area contributed by atoms with Gasteiger partial charge in [0.15, 0.2) is 0 Å². The molecule has 0 saturated carbocycles. The van der Waals surface area contributed by atoms with E-state index in [2.05, 4.69) is 5.32 Å². The Morgan fingerprint density at radius 1 is 1.35 bits per heavy atom. The van der Waals surface area contributed by atoms with Crippen LogP contribution in [0.1, 0.15) is 39.5 Å². The first-order valence-corrected chi connectivity index (χ1v) is 6.78. The second-order valence-electron chi connectivity index (χ2n) is 5.74. The van der Waals surface area contributed by atoms with Crippen molar-refractivity contribution in [1.29, 1.82) is 0 Å². The van der Waals surface area contributed by atoms with Crippen LogP contribution in [-0.2, 0) is 4.74 Å². The number of carbonyl (C=O) groups excluding carboxylic acids is 1. The van der Waals surface area contributed by atoms with Crippen LogP contribution in [0.3, 0.4) is 0 Å². The summed E-state index contributed by atoms with van der Waals surface area (Å²) in [5.41, 5.74) is 0.312. The van der Waals surface area contributed by atoms with Crippen LogP contribution in [0.4, 0.5) is 4.79 Å². The topological polar surface area (TPSA) is 41.6 Å². The van der Waals surface area contributed by atoms with Crippen molar-refractivity contribution in [3.63, 3.8) is 0 Å². The lowest BCUT2D eigenvalue weighted by molar-refractivity contribution is 0.0311. The van der Waals surface area contributed by atoms with Crippen LogP contribution in [-0.4, -0.2) is 43.3 Å². The van der Waals surface area contributed by atoms with E-state index in [1.807, 2.05) is 18.7 Å². The number of hydrogen-bond acceptors (Lipinski definition) is 3. The number of carbonyl (C=O) groups is 1. The maximum Gasteiger partial charge on any atom is 0.410 e. The van der Waals surface area contributed by atoms with Gasteiger partial charge in [-0.1, -0.05) is 0 Å². The molecule has 4 heteroatoms. The van der Waals surface area contributed by atoms with Crippen LogP contribution in [0, 0.1) is 5.41 Å². The lowest BCUT2D eigenvalue weighted by Crippen LogP contribution is -2.52. The largest absolute Gasteiger partial charge is 0.447 e. The molecular formula is C13H24N2O2. The summed E-state index contributed by atoms with van der Waals surface area (Å²) in [5, 5.41) is 3.47. The molecule has 1 spiro atoms. The number of likely N-dealkylation sites (tertiary alicyclic amines) is 1. The van der Waals surface area contributed by atoms with Crippen molar-refractivity contribution in [2.75, 3.05) is 26.2 Å².